The van der Waals surface area contributed by atoms with Crippen LogP contribution in [0.15, 0.2) is 24.3 Å². The fraction of sp³-hybridized carbons (Fsp3) is 0.389. The first-order valence-electron chi connectivity index (χ1n) is 8.01. The highest BCUT2D eigenvalue weighted by atomic mass is 16.5. The van der Waals surface area contributed by atoms with Gasteiger partial charge in [0, 0.05) is 30.0 Å². The van der Waals surface area contributed by atoms with Crippen molar-refractivity contribution in [1.82, 2.24) is 14.9 Å². The van der Waals surface area contributed by atoms with Gasteiger partial charge in [-0.1, -0.05) is 13.8 Å². The molecule has 1 amide bonds. The zero-order valence-corrected chi connectivity index (χ0v) is 14.1. The second kappa shape index (κ2) is 6.47. The zero-order chi connectivity index (χ0) is 17.3. The number of phenolic OH excluding ortho intramolecular Hbond substituents is 1. The van der Waals surface area contributed by atoms with Crippen LogP contribution in [0.25, 0.3) is 11.3 Å². The standard InChI is InChI=1S/C18H21N3O3/c1-11(2)17-19-15-8-9-21(18(23)24-3)10-14(15)16(20-17)12-4-6-13(22)7-5-12/h4-7,11,22H,8-10H2,1-3H3. The quantitative estimate of drug-likeness (QED) is 0.917. The molecule has 0 saturated heterocycles. The van der Waals surface area contributed by atoms with E-state index in [0.29, 0.717) is 19.5 Å². The molecular formula is C18H21N3O3. The molecule has 0 radical (unpaired) electrons. The van der Waals surface area contributed by atoms with Gasteiger partial charge in [-0.3, -0.25) is 0 Å². The number of phenols is 1. The van der Waals surface area contributed by atoms with Gasteiger partial charge in [-0.05, 0) is 24.3 Å². The number of hydrogen-bond acceptors (Lipinski definition) is 5. The minimum absolute atomic E-state index is 0.210. The number of hydrogen-bond donors (Lipinski definition) is 1. The van der Waals surface area contributed by atoms with Gasteiger partial charge in [0.15, 0.2) is 0 Å². The second-order valence-electron chi connectivity index (χ2n) is 6.20. The highest BCUT2D eigenvalue weighted by Crippen LogP contribution is 2.30. The summed E-state index contributed by atoms with van der Waals surface area (Å²) in [6.07, 6.45) is 0.336. The van der Waals surface area contributed by atoms with Gasteiger partial charge in [0.1, 0.15) is 11.6 Å². The Kier molecular flexibility index (Phi) is 4.38. The maximum atomic E-state index is 11.9. The van der Waals surface area contributed by atoms with E-state index in [1.165, 1.54) is 7.11 Å². The van der Waals surface area contributed by atoms with Crippen molar-refractivity contribution < 1.29 is 14.6 Å². The van der Waals surface area contributed by atoms with Gasteiger partial charge in [0.25, 0.3) is 0 Å². The molecule has 1 aromatic carbocycles. The van der Waals surface area contributed by atoms with Crippen LogP contribution >= 0.6 is 0 Å². The minimum Gasteiger partial charge on any atom is -0.508 e. The SMILES string of the molecule is COC(=O)N1CCc2nc(C(C)C)nc(-c3ccc(O)cc3)c2C1. The van der Waals surface area contributed by atoms with Crippen LogP contribution in [0.3, 0.4) is 0 Å². The van der Waals surface area contributed by atoms with Crippen LogP contribution in [0.5, 0.6) is 5.75 Å². The molecular weight excluding hydrogens is 306 g/mol. The van der Waals surface area contributed by atoms with E-state index in [2.05, 4.69) is 13.8 Å². The lowest BCUT2D eigenvalue weighted by atomic mass is 9.98. The van der Waals surface area contributed by atoms with Crippen molar-refractivity contribution in [3.63, 3.8) is 0 Å². The molecule has 0 aliphatic carbocycles. The van der Waals surface area contributed by atoms with Crippen LogP contribution in [-0.4, -0.2) is 39.7 Å². The zero-order valence-electron chi connectivity index (χ0n) is 14.1. The first-order chi connectivity index (χ1) is 11.5. The Morgan fingerprint density at radius 2 is 1.96 bits per heavy atom. The van der Waals surface area contributed by atoms with Crippen molar-refractivity contribution in [2.75, 3.05) is 13.7 Å². The number of carbonyl (C=O) groups excluding carboxylic acids is 1. The number of aromatic nitrogens is 2. The summed E-state index contributed by atoms with van der Waals surface area (Å²) in [5.41, 5.74) is 3.65. The Labute approximate surface area is 141 Å². The van der Waals surface area contributed by atoms with Gasteiger partial charge in [-0.15, -0.1) is 0 Å². The van der Waals surface area contributed by atoms with Crippen LogP contribution in [-0.2, 0) is 17.7 Å². The van der Waals surface area contributed by atoms with Crippen LogP contribution in [0.2, 0.25) is 0 Å². The summed E-state index contributed by atoms with van der Waals surface area (Å²) in [5.74, 6) is 1.22. The maximum Gasteiger partial charge on any atom is 0.409 e. The molecule has 0 fully saturated rings. The van der Waals surface area contributed by atoms with Gasteiger partial charge < -0.3 is 14.7 Å². The van der Waals surface area contributed by atoms with E-state index in [4.69, 9.17) is 14.7 Å². The van der Waals surface area contributed by atoms with E-state index in [9.17, 15) is 9.90 Å². The van der Waals surface area contributed by atoms with Gasteiger partial charge in [0.05, 0.1) is 25.0 Å². The Morgan fingerprint density at radius 1 is 1.25 bits per heavy atom. The van der Waals surface area contributed by atoms with Crippen molar-refractivity contribution in [3.8, 4) is 17.0 Å². The lowest BCUT2D eigenvalue weighted by molar-refractivity contribution is 0.118. The van der Waals surface area contributed by atoms with E-state index >= 15 is 0 Å². The van der Waals surface area contributed by atoms with E-state index in [0.717, 1.165) is 28.3 Å². The first-order valence-corrected chi connectivity index (χ1v) is 8.01. The fourth-order valence-electron chi connectivity index (χ4n) is 2.83. The summed E-state index contributed by atoms with van der Waals surface area (Å²) in [6.45, 7) is 5.14. The van der Waals surface area contributed by atoms with Crippen LogP contribution in [0, 0.1) is 0 Å². The molecule has 1 aliphatic rings. The second-order valence-corrected chi connectivity index (χ2v) is 6.20. The Hall–Kier alpha value is -2.63. The van der Waals surface area contributed by atoms with Crippen LogP contribution < -0.4 is 0 Å². The van der Waals surface area contributed by atoms with E-state index in [-0.39, 0.29) is 17.8 Å². The number of amides is 1. The lowest BCUT2D eigenvalue weighted by Crippen LogP contribution is -2.37. The molecule has 3 rings (SSSR count). The third-order valence-corrected chi connectivity index (χ3v) is 4.17. The summed E-state index contributed by atoms with van der Waals surface area (Å²) in [4.78, 5) is 23.0. The molecule has 24 heavy (non-hydrogen) atoms. The monoisotopic (exact) mass is 327 g/mol. The Balaban J connectivity index is 2.10. The van der Waals surface area contributed by atoms with Crippen molar-refractivity contribution in [1.29, 1.82) is 0 Å². The summed E-state index contributed by atoms with van der Waals surface area (Å²) < 4.78 is 4.84. The average Bonchev–Trinajstić information content (AvgIpc) is 2.60. The molecule has 0 saturated carbocycles. The fourth-order valence-corrected chi connectivity index (χ4v) is 2.83. The Bertz CT molecular complexity index is 757. The summed E-state index contributed by atoms with van der Waals surface area (Å²) in [5, 5.41) is 9.53. The highest BCUT2D eigenvalue weighted by molar-refractivity contribution is 5.70. The smallest absolute Gasteiger partial charge is 0.409 e. The third-order valence-electron chi connectivity index (χ3n) is 4.17. The number of ether oxygens (including phenoxy) is 1. The van der Waals surface area contributed by atoms with Crippen molar-refractivity contribution in [2.45, 2.75) is 32.7 Å². The molecule has 0 unspecified atom stereocenters. The molecule has 1 aromatic heterocycles. The van der Waals surface area contributed by atoms with Crippen molar-refractivity contribution in [2.24, 2.45) is 0 Å². The molecule has 126 valence electrons. The molecule has 1 N–H and O–H groups in total. The number of aromatic hydroxyl groups is 1. The predicted octanol–water partition coefficient (Wildman–Crippen LogP) is 3.10. The highest BCUT2D eigenvalue weighted by Gasteiger charge is 2.26. The molecule has 0 bridgehead atoms. The van der Waals surface area contributed by atoms with Crippen LogP contribution in [0.1, 0.15) is 36.8 Å². The van der Waals surface area contributed by atoms with Gasteiger partial charge >= 0.3 is 6.09 Å². The number of fused-ring (bicyclic) bond motifs is 1. The molecule has 2 heterocycles. The molecule has 0 spiro atoms. The van der Waals surface area contributed by atoms with Gasteiger partial charge in [-0.2, -0.15) is 0 Å². The number of nitrogens with zero attached hydrogens (tertiary/aromatic N) is 3. The summed E-state index contributed by atoms with van der Waals surface area (Å²) in [6, 6.07) is 6.94. The molecule has 6 heteroatoms. The molecule has 2 aromatic rings. The Morgan fingerprint density at radius 3 is 2.58 bits per heavy atom. The van der Waals surface area contributed by atoms with Gasteiger partial charge in [0.2, 0.25) is 0 Å². The molecule has 1 aliphatic heterocycles. The number of methoxy groups -OCH3 is 1. The summed E-state index contributed by atoms with van der Waals surface area (Å²) in [7, 11) is 1.39. The molecule has 0 atom stereocenters. The minimum atomic E-state index is -0.342. The van der Waals surface area contributed by atoms with Crippen molar-refractivity contribution in [3.05, 3.63) is 41.3 Å². The third kappa shape index (κ3) is 3.04. The number of carbonyl (C=O) groups is 1. The molecule has 6 nitrogen and oxygen atoms in total. The average molecular weight is 327 g/mol. The maximum absolute atomic E-state index is 11.9. The normalized spacial score (nSPS) is 13.8. The number of benzene rings is 1. The van der Waals surface area contributed by atoms with E-state index in [1.807, 2.05) is 12.1 Å². The lowest BCUT2D eigenvalue weighted by Gasteiger charge is -2.29. The van der Waals surface area contributed by atoms with E-state index < -0.39 is 0 Å². The number of rotatable bonds is 2. The largest absolute Gasteiger partial charge is 0.508 e. The first kappa shape index (κ1) is 16.2. The predicted molar refractivity (Wildman–Crippen MR) is 89.7 cm³/mol. The van der Waals surface area contributed by atoms with Gasteiger partial charge in [-0.25, -0.2) is 14.8 Å². The van der Waals surface area contributed by atoms with Crippen LogP contribution in [0.4, 0.5) is 4.79 Å². The summed E-state index contributed by atoms with van der Waals surface area (Å²) >= 11 is 0. The van der Waals surface area contributed by atoms with Crippen molar-refractivity contribution >= 4 is 6.09 Å². The topological polar surface area (TPSA) is 75.5 Å². The van der Waals surface area contributed by atoms with E-state index in [1.54, 1.807) is 17.0 Å².